The lowest BCUT2D eigenvalue weighted by molar-refractivity contribution is -0.119. The molecule has 1 amide bonds. The van der Waals surface area contributed by atoms with Gasteiger partial charge in [-0.05, 0) is 49.4 Å². The van der Waals surface area contributed by atoms with Gasteiger partial charge in [-0.1, -0.05) is 29.5 Å². The summed E-state index contributed by atoms with van der Waals surface area (Å²) in [5.41, 5.74) is 2.49. The molecule has 0 N–H and O–H groups in total. The van der Waals surface area contributed by atoms with Crippen molar-refractivity contribution in [2.24, 2.45) is 0 Å². The first-order valence-corrected chi connectivity index (χ1v) is 11.3. The molecule has 0 spiro atoms. The molecule has 9 heteroatoms. The van der Waals surface area contributed by atoms with Crippen molar-refractivity contribution < 1.29 is 13.9 Å². The van der Waals surface area contributed by atoms with E-state index in [4.69, 9.17) is 9.15 Å². The van der Waals surface area contributed by atoms with Crippen molar-refractivity contribution in [1.29, 1.82) is 0 Å². The Bertz CT molecular complexity index is 1490. The van der Waals surface area contributed by atoms with Crippen LogP contribution in [0.25, 0.3) is 21.3 Å². The van der Waals surface area contributed by atoms with Crippen molar-refractivity contribution in [3.8, 4) is 5.75 Å². The van der Waals surface area contributed by atoms with Crippen LogP contribution in [0.1, 0.15) is 12.6 Å². The summed E-state index contributed by atoms with van der Waals surface area (Å²) in [5, 5.41) is 0.523. The molecule has 0 unspecified atom stereocenters. The Labute approximate surface area is 192 Å². The first-order valence-electron chi connectivity index (χ1n) is 10.4. The van der Waals surface area contributed by atoms with Crippen LogP contribution in [0.4, 0.5) is 5.13 Å². The van der Waals surface area contributed by atoms with E-state index in [1.54, 1.807) is 35.4 Å². The van der Waals surface area contributed by atoms with Crippen LogP contribution >= 0.6 is 11.3 Å². The van der Waals surface area contributed by atoms with Crippen LogP contribution in [0.15, 0.2) is 76.1 Å². The molecule has 0 atom stereocenters. The number of hydrogen-bond acceptors (Lipinski definition) is 7. The van der Waals surface area contributed by atoms with Gasteiger partial charge in [0, 0.05) is 6.20 Å². The molecule has 166 valence electrons. The van der Waals surface area contributed by atoms with Crippen molar-refractivity contribution in [3.63, 3.8) is 0 Å². The molecule has 0 saturated heterocycles. The Kier molecular flexibility index (Phi) is 5.62. The number of nitrogens with zero attached hydrogens (tertiary/aromatic N) is 4. The molecule has 0 aliphatic rings. The van der Waals surface area contributed by atoms with E-state index in [1.807, 2.05) is 43.3 Å². The smallest absolute Gasteiger partial charge is 0.420 e. The molecular weight excluding hydrogens is 440 g/mol. The van der Waals surface area contributed by atoms with E-state index in [0.717, 1.165) is 16.0 Å². The number of carbonyl (C=O) groups is 1. The third-order valence-corrected chi connectivity index (χ3v) is 6.15. The summed E-state index contributed by atoms with van der Waals surface area (Å²) in [6.45, 7) is 2.54. The minimum Gasteiger partial charge on any atom is -0.494 e. The van der Waals surface area contributed by atoms with Crippen LogP contribution in [0, 0.1) is 0 Å². The molecular formula is C24H20N4O4S. The number of ether oxygens (including phenoxy) is 1. The number of fused-ring (bicyclic) bond motifs is 2. The third-order valence-electron chi connectivity index (χ3n) is 5.10. The van der Waals surface area contributed by atoms with Crippen molar-refractivity contribution in [1.82, 2.24) is 14.5 Å². The van der Waals surface area contributed by atoms with Gasteiger partial charge in [0.2, 0.25) is 5.91 Å². The Morgan fingerprint density at radius 1 is 1.15 bits per heavy atom. The standard InChI is InChI=1S/C24H20N4O4S/c1-2-31-17-10-11-18-21(13-17)33-23(26-18)28(14-16-7-5-6-12-25-16)22(29)15-27-19-8-3-4-9-20(19)32-24(27)30/h3-13H,2,14-15H2,1H3. The maximum absolute atomic E-state index is 13.5. The average molecular weight is 461 g/mol. The lowest BCUT2D eigenvalue weighted by Crippen LogP contribution is -2.35. The van der Waals surface area contributed by atoms with Crippen LogP contribution < -0.4 is 15.4 Å². The van der Waals surface area contributed by atoms with E-state index in [2.05, 4.69) is 9.97 Å². The zero-order valence-corrected chi connectivity index (χ0v) is 18.6. The average Bonchev–Trinajstić information content (AvgIpc) is 3.38. The molecule has 2 aromatic carbocycles. The molecule has 0 bridgehead atoms. The number of benzene rings is 2. The first kappa shape index (κ1) is 20.9. The van der Waals surface area contributed by atoms with E-state index >= 15 is 0 Å². The lowest BCUT2D eigenvalue weighted by Gasteiger charge is -2.19. The highest BCUT2D eigenvalue weighted by molar-refractivity contribution is 7.22. The lowest BCUT2D eigenvalue weighted by atomic mass is 10.3. The van der Waals surface area contributed by atoms with Gasteiger partial charge < -0.3 is 9.15 Å². The number of amides is 1. The van der Waals surface area contributed by atoms with E-state index in [1.165, 1.54) is 15.9 Å². The van der Waals surface area contributed by atoms with Crippen molar-refractivity contribution >= 4 is 43.7 Å². The van der Waals surface area contributed by atoms with Gasteiger partial charge in [-0.25, -0.2) is 9.78 Å². The summed E-state index contributed by atoms with van der Waals surface area (Å²) >= 11 is 1.39. The molecule has 33 heavy (non-hydrogen) atoms. The number of anilines is 1. The van der Waals surface area contributed by atoms with Gasteiger partial charge >= 0.3 is 5.76 Å². The molecule has 3 heterocycles. The van der Waals surface area contributed by atoms with E-state index < -0.39 is 5.76 Å². The number of pyridine rings is 1. The zero-order chi connectivity index (χ0) is 22.8. The summed E-state index contributed by atoms with van der Waals surface area (Å²) in [6, 6.07) is 18.2. The van der Waals surface area contributed by atoms with Gasteiger partial charge in [0.15, 0.2) is 10.7 Å². The minimum atomic E-state index is -0.576. The van der Waals surface area contributed by atoms with E-state index in [0.29, 0.717) is 28.5 Å². The highest BCUT2D eigenvalue weighted by Crippen LogP contribution is 2.32. The van der Waals surface area contributed by atoms with E-state index in [9.17, 15) is 9.59 Å². The predicted molar refractivity (Wildman–Crippen MR) is 127 cm³/mol. The summed E-state index contributed by atoms with van der Waals surface area (Å²) in [7, 11) is 0. The summed E-state index contributed by atoms with van der Waals surface area (Å²) in [5.74, 6) is -0.120. The van der Waals surface area contributed by atoms with E-state index in [-0.39, 0.29) is 19.0 Å². The van der Waals surface area contributed by atoms with Crippen molar-refractivity contribution in [3.05, 3.63) is 83.1 Å². The topological polar surface area (TPSA) is 90.5 Å². The Morgan fingerprint density at radius 2 is 2.00 bits per heavy atom. The van der Waals surface area contributed by atoms with Gasteiger partial charge in [0.05, 0.1) is 34.6 Å². The number of carbonyl (C=O) groups excluding carboxylic acids is 1. The maximum Gasteiger partial charge on any atom is 0.420 e. The SMILES string of the molecule is CCOc1ccc2nc(N(Cc3ccccn3)C(=O)Cn3c(=O)oc4ccccc43)sc2c1. The number of para-hydroxylation sites is 2. The normalized spacial score (nSPS) is 11.2. The number of hydrogen-bond donors (Lipinski definition) is 0. The Morgan fingerprint density at radius 3 is 2.82 bits per heavy atom. The van der Waals surface area contributed by atoms with Crippen molar-refractivity contribution in [2.75, 3.05) is 11.5 Å². The zero-order valence-electron chi connectivity index (χ0n) is 17.8. The van der Waals surface area contributed by atoms with Gasteiger partial charge in [-0.15, -0.1) is 0 Å². The number of thiazole rings is 1. The monoisotopic (exact) mass is 460 g/mol. The highest BCUT2D eigenvalue weighted by atomic mass is 32.1. The second kappa shape index (κ2) is 8.87. The molecule has 5 rings (SSSR count). The van der Waals surface area contributed by atoms with Crippen molar-refractivity contribution in [2.45, 2.75) is 20.0 Å². The highest BCUT2D eigenvalue weighted by Gasteiger charge is 2.23. The fraction of sp³-hybridized carbons (Fsp3) is 0.167. The molecule has 0 saturated carbocycles. The molecule has 0 radical (unpaired) electrons. The third kappa shape index (κ3) is 4.22. The number of aromatic nitrogens is 3. The van der Waals surface area contributed by atoms with Gasteiger partial charge in [0.1, 0.15) is 12.3 Å². The van der Waals surface area contributed by atoms with Crippen LogP contribution in [0.2, 0.25) is 0 Å². The first-order chi connectivity index (χ1) is 16.1. The summed E-state index contributed by atoms with van der Waals surface area (Å²) in [4.78, 5) is 36.5. The summed E-state index contributed by atoms with van der Waals surface area (Å²) < 4.78 is 13.1. The molecule has 3 aromatic heterocycles. The summed E-state index contributed by atoms with van der Waals surface area (Å²) in [6.07, 6.45) is 1.68. The van der Waals surface area contributed by atoms with Crippen LogP contribution in [-0.4, -0.2) is 27.0 Å². The van der Waals surface area contributed by atoms with Gasteiger partial charge in [-0.2, -0.15) is 0 Å². The molecule has 0 aliphatic heterocycles. The van der Waals surface area contributed by atoms with Crippen LogP contribution in [0.5, 0.6) is 5.75 Å². The predicted octanol–water partition coefficient (Wildman–Crippen LogP) is 4.23. The molecule has 0 fully saturated rings. The Balaban J connectivity index is 1.52. The fourth-order valence-corrected chi connectivity index (χ4v) is 4.58. The van der Waals surface area contributed by atoms with Gasteiger partial charge in [0.25, 0.3) is 0 Å². The van der Waals surface area contributed by atoms with Crippen LogP contribution in [0.3, 0.4) is 0 Å². The second-order valence-electron chi connectivity index (χ2n) is 7.28. The Hall–Kier alpha value is -3.98. The second-order valence-corrected chi connectivity index (χ2v) is 8.29. The fourth-order valence-electron chi connectivity index (χ4n) is 3.57. The maximum atomic E-state index is 13.5. The van der Waals surface area contributed by atoms with Crippen LogP contribution in [-0.2, 0) is 17.9 Å². The molecule has 8 nitrogen and oxygen atoms in total. The largest absolute Gasteiger partial charge is 0.494 e. The minimum absolute atomic E-state index is 0.178. The van der Waals surface area contributed by atoms with Gasteiger partial charge in [-0.3, -0.25) is 19.2 Å². The number of oxazole rings is 1. The molecule has 5 aromatic rings. The quantitative estimate of drug-likeness (QED) is 0.361. The molecule has 0 aliphatic carbocycles. The number of rotatable bonds is 7.